The zero-order valence-electron chi connectivity index (χ0n) is 10.8. The molecule has 2 heterocycles. The average Bonchev–Trinajstić information content (AvgIpc) is 2.46. The van der Waals surface area contributed by atoms with Gasteiger partial charge in [-0.05, 0) is 44.5 Å². The lowest BCUT2D eigenvalue weighted by molar-refractivity contribution is 0.198. The molecule has 1 fully saturated rings. The second kappa shape index (κ2) is 6.31. The SMILES string of the molecule is CCN1CCC(CNc2nnccc2C#N)CC1. The molecule has 1 N–H and O–H groups in total. The van der Waals surface area contributed by atoms with E-state index >= 15 is 0 Å². The molecule has 0 spiro atoms. The summed E-state index contributed by atoms with van der Waals surface area (Å²) in [5.74, 6) is 1.28. The van der Waals surface area contributed by atoms with Gasteiger partial charge in [0.05, 0.1) is 11.8 Å². The molecule has 1 saturated heterocycles. The lowest BCUT2D eigenvalue weighted by Crippen LogP contribution is -2.35. The predicted octanol–water partition coefficient (Wildman–Crippen LogP) is 1.49. The van der Waals surface area contributed by atoms with Gasteiger partial charge in [0.15, 0.2) is 5.82 Å². The van der Waals surface area contributed by atoms with Crippen LogP contribution in [0.2, 0.25) is 0 Å². The van der Waals surface area contributed by atoms with Gasteiger partial charge in [0.25, 0.3) is 0 Å². The minimum Gasteiger partial charge on any atom is -0.367 e. The van der Waals surface area contributed by atoms with E-state index in [0.717, 1.165) is 13.1 Å². The number of hydrogen-bond donors (Lipinski definition) is 1. The normalized spacial score (nSPS) is 17.3. The molecule has 0 radical (unpaired) electrons. The number of nitriles is 1. The first-order chi connectivity index (χ1) is 8.83. The van der Waals surface area contributed by atoms with Gasteiger partial charge in [0.2, 0.25) is 0 Å². The fourth-order valence-electron chi connectivity index (χ4n) is 2.30. The first kappa shape index (κ1) is 12.8. The zero-order valence-corrected chi connectivity index (χ0v) is 10.8. The lowest BCUT2D eigenvalue weighted by atomic mass is 9.97. The molecule has 1 aromatic rings. The third-order valence-electron chi connectivity index (χ3n) is 3.55. The van der Waals surface area contributed by atoms with Crippen molar-refractivity contribution in [1.29, 1.82) is 5.26 Å². The summed E-state index contributed by atoms with van der Waals surface area (Å²) in [4.78, 5) is 2.47. The van der Waals surface area contributed by atoms with Crippen LogP contribution in [0.25, 0.3) is 0 Å². The number of aromatic nitrogens is 2. The monoisotopic (exact) mass is 245 g/mol. The van der Waals surface area contributed by atoms with Gasteiger partial charge >= 0.3 is 0 Å². The number of piperidine rings is 1. The molecule has 1 aliphatic rings. The summed E-state index contributed by atoms with van der Waals surface area (Å²) in [7, 11) is 0. The van der Waals surface area contributed by atoms with Crippen LogP contribution < -0.4 is 5.32 Å². The molecule has 96 valence electrons. The molecule has 0 aromatic carbocycles. The van der Waals surface area contributed by atoms with Gasteiger partial charge in [0.1, 0.15) is 6.07 Å². The van der Waals surface area contributed by atoms with Crippen molar-refractivity contribution in [2.75, 3.05) is 31.5 Å². The van der Waals surface area contributed by atoms with Crippen LogP contribution >= 0.6 is 0 Å². The highest BCUT2D eigenvalue weighted by molar-refractivity contribution is 5.50. The van der Waals surface area contributed by atoms with Crippen molar-refractivity contribution in [2.45, 2.75) is 19.8 Å². The number of hydrogen-bond acceptors (Lipinski definition) is 5. The molecular weight excluding hydrogens is 226 g/mol. The van der Waals surface area contributed by atoms with Gasteiger partial charge in [-0.2, -0.15) is 10.4 Å². The topological polar surface area (TPSA) is 64.8 Å². The predicted molar refractivity (Wildman–Crippen MR) is 70.1 cm³/mol. The summed E-state index contributed by atoms with van der Waals surface area (Å²) in [6, 6.07) is 3.82. The fraction of sp³-hybridized carbons (Fsp3) is 0.615. The molecule has 5 heteroatoms. The highest BCUT2D eigenvalue weighted by Crippen LogP contribution is 2.18. The summed E-state index contributed by atoms with van der Waals surface area (Å²) in [6.45, 7) is 6.58. The Bertz CT molecular complexity index is 418. The van der Waals surface area contributed by atoms with Crippen LogP contribution in [0, 0.1) is 17.2 Å². The largest absolute Gasteiger partial charge is 0.367 e. The van der Waals surface area contributed by atoms with E-state index in [1.54, 1.807) is 12.3 Å². The molecule has 0 unspecified atom stereocenters. The van der Waals surface area contributed by atoms with E-state index in [1.165, 1.54) is 25.9 Å². The van der Waals surface area contributed by atoms with Crippen LogP contribution in [0.15, 0.2) is 12.3 Å². The molecule has 0 amide bonds. The standard InChI is InChI=1S/C13H19N5/c1-2-18-7-4-11(5-8-18)10-15-13-12(9-14)3-6-16-17-13/h3,6,11H,2,4-5,7-8,10H2,1H3,(H,15,17). The Hall–Kier alpha value is -1.67. The van der Waals surface area contributed by atoms with E-state index in [0.29, 0.717) is 17.3 Å². The smallest absolute Gasteiger partial charge is 0.166 e. The summed E-state index contributed by atoms with van der Waals surface area (Å²) < 4.78 is 0. The van der Waals surface area contributed by atoms with Crippen molar-refractivity contribution in [1.82, 2.24) is 15.1 Å². The summed E-state index contributed by atoms with van der Waals surface area (Å²) in [5, 5.41) is 20.0. The maximum absolute atomic E-state index is 8.96. The Morgan fingerprint density at radius 2 is 2.28 bits per heavy atom. The van der Waals surface area contributed by atoms with Crippen LogP contribution in [0.1, 0.15) is 25.3 Å². The zero-order chi connectivity index (χ0) is 12.8. The van der Waals surface area contributed by atoms with E-state index in [9.17, 15) is 0 Å². The molecule has 0 atom stereocenters. The van der Waals surface area contributed by atoms with Gasteiger partial charge in [-0.25, -0.2) is 0 Å². The summed E-state index contributed by atoms with van der Waals surface area (Å²) in [5.41, 5.74) is 0.566. The lowest BCUT2D eigenvalue weighted by Gasteiger charge is -2.31. The van der Waals surface area contributed by atoms with Crippen LogP contribution in [-0.4, -0.2) is 41.3 Å². The van der Waals surface area contributed by atoms with Crippen LogP contribution in [0.4, 0.5) is 5.82 Å². The number of nitrogens with one attached hydrogen (secondary N) is 1. The molecule has 0 saturated carbocycles. The highest BCUT2D eigenvalue weighted by Gasteiger charge is 2.18. The number of nitrogens with zero attached hydrogens (tertiary/aromatic N) is 4. The van der Waals surface area contributed by atoms with Crippen molar-refractivity contribution in [3.05, 3.63) is 17.8 Å². The third kappa shape index (κ3) is 3.17. The minimum atomic E-state index is 0.566. The second-order valence-electron chi connectivity index (χ2n) is 4.66. The summed E-state index contributed by atoms with van der Waals surface area (Å²) >= 11 is 0. The van der Waals surface area contributed by atoms with Gasteiger partial charge in [-0.1, -0.05) is 6.92 Å². The van der Waals surface area contributed by atoms with Crippen molar-refractivity contribution >= 4 is 5.82 Å². The average molecular weight is 245 g/mol. The quantitative estimate of drug-likeness (QED) is 0.870. The molecule has 1 aromatic heterocycles. The molecule has 0 bridgehead atoms. The molecular formula is C13H19N5. The van der Waals surface area contributed by atoms with Crippen LogP contribution in [-0.2, 0) is 0 Å². The molecule has 0 aliphatic carbocycles. The van der Waals surface area contributed by atoms with Crippen LogP contribution in [0.5, 0.6) is 0 Å². The summed E-state index contributed by atoms with van der Waals surface area (Å²) in [6.07, 6.45) is 3.97. The van der Waals surface area contributed by atoms with E-state index in [2.05, 4.69) is 33.4 Å². The Morgan fingerprint density at radius 1 is 1.50 bits per heavy atom. The van der Waals surface area contributed by atoms with Gasteiger partial charge < -0.3 is 10.2 Å². The maximum atomic E-state index is 8.96. The highest BCUT2D eigenvalue weighted by atomic mass is 15.2. The van der Waals surface area contributed by atoms with Crippen molar-refractivity contribution in [3.63, 3.8) is 0 Å². The van der Waals surface area contributed by atoms with Crippen LogP contribution in [0.3, 0.4) is 0 Å². The van der Waals surface area contributed by atoms with E-state index in [-0.39, 0.29) is 0 Å². The minimum absolute atomic E-state index is 0.566. The van der Waals surface area contributed by atoms with Crippen molar-refractivity contribution in [3.8, 4) is 6.07 Å². The van der Waals surface area contributed by atoms with E-state index in [1.807, 2.05) is 0 Å². The van der Waals surface area contributed by atoms with Crippen molar-refractivity contribution < 1.29 is 0 Å². The molecule has 18 heavy (non-hydrogen) atoms. The maximum Gasteiger partial charge on any atom is 0.166 e. The second-order valence-corrected chi connectivity index (χ2v) is 4.66. The Balaban J connectivity index is 1.84. The Morgan fingerprint density at radius 3 is 2.94 bits per heavy atom. The number of rotatable bonds is 4. The molecule has 2 rings (SSSR count). The van der Waals surface area contributed by atoms with Gasteiger partial charge in [0, 0.05) is 6.54 Å². The molecule has 1 aliphatic heterocycles. The molecule has 5 nitrogen and oxygen atoms in total. The van der Waals surface area contributed by atoms with E-state index in [4.69, 9.17) is 5.26 Å². The Labute approximate surface area is 108 Å². The van der Waals surface area contributed by atoms with Crippen molar-refractivity contribution in [2.24, 2.45) is 5.92 Å². The number of likely N-dealkylation sites (tertiary alicyclic amines) is 1. The van der Waals surface area contributed by atoms with Gasteiger partial charge in [-0.15, -0.1) is 5.10 Å². The Kier molecular flexibility index (Phi) is 4.48. The first-order valence-corrected chi connectivity index (χ1v) is 6.51. The fourth-order valence-corrected chi connectivity index (χ4v) is 2.30. The van der Waals surface area contributed by atoms with E-state index < -0.39 is 0 Å². The third-order valence-corrected chi connectivity index (χ3v) is 3.55. The number of anilines is 1. The first-order valence-electron chi connectivity index (χ1n) is 6.51. The van der Waals surface area contributed by atoms with Gasteiger partial charge in [-0.3, -0.25) is 0 Å².